The predicted octanol–water partition coefficient (Wildman–Crippen LogP) is 1.90. The zero-order chi connectivity index (χ0) is 15.6. The number of amides is 1. The molecule has 1 aliphatic rings. The number of nitrogens with zero attached hydrogens (tertiary/aromatic N) is 3. The first kappa shape index (κ1) is 16.7. The van der Waals surface area contributed by atoms with E-state index in [2.05, 4.69) is 27.0 Å². The fourth-order valence-corrected chi connectivity index (χ4v) is 2.71. The van der Waals surface area contributed by atoms with Gasteiger partial charge >= 0.3 is 0 Å². The summed E-state index contributed by atoms with van der Waals surface area (Å²) in [7, 11) is 0. The number of hydrogen-bond donors (Lipinski definition) is 1. The Balaban J connectivity index is 1.62. The predicted molar refractivity (Wildman–Crippen MR) is 90.0 cm³/mol. The molecule has 0 radical (unpaired) electrons. The van der Waals surface area contributed by atoms with Crippen LogP contribution < -0.4 is 10.2 Å². The Bertz CT molecular complexity index is 430. The zero-order valence-electron chi connectivity index (χ0n) is 13.6. The lowest BCUT2D eigenvalue weighted by Crippen LogP contribution is -2.49. The van der Waals surface area contributed by atoms with Crippen LogP contribution in [0.3, 0.4) is 0 Å². The highest BCUT2D eigenvalue weighted by atomic mass is 16.2. The van der Waals surface area contributed by atoms with Crippen molar-refractivity contribution in [3.8, 4) is 0 Å². The maximum absolute atomic E-state index is 11.9. The standard InChI is InChI=1S/C17H28N4O/c1-2-3-4-6-10-19-17(22)15-20-11-13-21(14-12-20)16-8-5-7-9-18-16/h5,7-9H,2-4,6,10-15H2,1H3,(H,19,22). The number of pyridine rings is 1. The molecule has 122 valence electrons. The zero-order valence-corrected chi connectivity index (χ0v) is 13.6. The molecule has 22 heavy (non-hydrogen) atoms. The second-order valence-electron chi connectivity index (χ2n) is 5.86. The lowest BCUT2D eigenvalue weighted by molar-refractivity contribution is -0.122. The monoisotopic (exact) mass is 304 g/mol. The van der Waals surface area contributed by atoms with Gasteiger partial charge in [-0.15, -0.1) is 0 Å². The van der Waals surface area contributed by atoms with Gasteiger partial charge in [0.25, 0.3) is 0 Å². The van der Waals surface area contributed by atoms with Crippen LogP contribution in [0.2, 0.25) is 0 Å². The molecule has 1 aromatic rings. The van der Waals surface area contributed by atoms with Crippen molar-refractivity contribution >= 4 is 11.7 Å². The number of carbonyl (C=O) groups excluding carboxylic acids is 1. The number of hydrogen-bond acceptors (Lipinski definition) is 4. The van der Waals surface area contributed by atoms with Crippen LogP contribution in [0.15, 0.2) is 24.4 Å². The Kier molecular flexibility index (Phi) is 7.16. The summed E-state index contributed by atoms with van der Waals surface area (Å²) in [5.41, 5.74) is 0. The molecule has 0 saturated carbocycles. The molecular formula is C17H28N4O. The van der Waals surface area contributed by atoms with Gasteiger partial charge in [-0.25, -0.2) is 4.98 Å². The normalized spacial score (nSPS) is 15.8. The molecule has 5 heteroatoms. The van der Waals surface area contributed by atoms with E-state index in [0.29, 0.717) is 6.54 Å². The largest absolute Gasteiger partial charge is 0.355 e. The van der Waals surface area contributed by atoms with E-state index >= 15 is 0 Å². The molecule has 1 N–H and O–H groups in total. The molecule has 0 spiro atoms. The average Bonchev–Trinajstić information content (AvgIpc) is 2.56. The Morgan fingerprint density at radius 3 is 2.68 bits per heavy atom. The number of nitrogens with one attached hydrogen (secondary N) is 1. The van der Waals surface area contributed by atoms with Crippen molar-refractivity contribution in [3.63, 3.8) is 0 Å². The quantitative estimate of drug-likeness (QED) is 0.745. The van der Waals surface area contributed by atoms with Crippen molar-refractivity contribution in [1.82, 2.24) is 15.2 Å². The average molecular weight is 304 g/mol. The van der Waals surface area contributed by atoms with Crippen molar-refractivity contribution in [2.45, 2.75) is 32.6 Å². The van der Waals surface area contributed by atoms with Crippen molar-refractivity contribution in [3.05, 3.63) is 24.4 Å². The van der Waals surface area contributed by atoms with Gasteiger partial charge in [0, 0.05) is 38.9 Å². The summed E-state index contributed by atoms with van der Waals surface area (Å²) in [4.78, 5) is 20.8. The second-order valence-corrected chi connectivity index (χ2v) is 5.86. The van der Waals surface area contributed by atoms with Gasteiger partial charge in [0.05, 0.1) is 6.54 Å². The molecule has 1 fully saturated rings. The van der Waals surface area contributed by atoms with Crippen LogP contribution in [0, 0.1) is 0 Å². The molecule has 2 rings (SSSR count). The number of rotatable bonds is 8. The molecule has 0 aliphatic carbocycles. The lowest BCUT2D eigenvalue weighted by atomic mass is 10.2. The van der Waals surface area contributed by atoms with E-state index in [4.69, 9.17) is 0 Å². The van der Waals surface area contributed by atoms with Crippen LogP contribution >= 0.6 is 0 Å². The molecule has 1 aliphatic heterocycles. The fourth-order valence-electron chi connectivity index (χ4n) is 2.71. The summed E-state index contributed by atoms with van der Waals surface area (Å²) in [6, 6.07) is 5.99. The minimum Gasteiger partial charge on any atom is -0.355 e. The lowest BCUT2D eigenvalue weighted by Gasteiger charge is -2.34. The summed E-state index contributed by atoms with van der Waals surface area (Å²) in [6.45, 7) is 7.22. The van der Waals surface area contributed by atoms with E-state index in [1.54, 1.807) is 0 Å². The first-order valence-electron chi connectivity index (χ1n) is 8.44. The van der Waals surface area contributed by atoms with Crippen LogP contribution in [0.5, 0.6) is 0 Å². The molecule has 1 amide bonds. The van der Waals surface area contributed by atoms with Gasteiger partial charge in [0.2, 0.25) is 5.91 Å². The van der Waals surface area contributed by atoms with E-state index in [1.165, 1.54) is 19.3 Å². The number of carbonyl (C=O) groups is 1. The summed E-state index contributed by atoms with van der Waals surface area (Å²) in [6.07, 6.45) is 6.61. The Morgan fingerprint density at radius 2 is 2.00 bits per heavy atom. The highest BCUT2D eigenvalue weighted by Gasteiger charge is 2.19. The fraction of sp³-hybridized carbons (Fsp3) is 0.647. The minimum atomic E-state index is 0.155. The van der Waals surface area contributed by atoms with E-state index in [9.17, 15) is 4.79 Å². The minimum absolute atomic E-state index is 0.155. The molecule has 0 atom stereocenters. The van der Waals surface area contributed by atoms with E-state index in [0.717, 1.165) is 45.0 Å². The third-order valence-corrected chi connectivity index (χ3v) is 4.07. The van der Waals surface area contributed by atoms with E-state index in [-0.39, 0.29) is 5.91 Å². The smallest absolute Gasteiger partial charge is 0.234 e. The van der Waals surface area contributed by atoms with Crippen LogP contribution in [-0.2, 0) is 4.79 Å². The molecule has 0 aromatic carbocycles. The van der Waals surface area contributed by atoms with Crippen molar-refractivity contribution in [1.29, 1.82) is 0 Å². The summed E-state index contributed by atoms with van der Waals surface area (Å²) in [5, 5.41) is 3.03. The third-order valence-electron chi connectivity index (χ3n) is 4.07. The van der Waals surface area contributed by atoms with Crippen molar-refractivity contribution in [2.24, 2.45) is 0 Å². The topological polar surface area (TPSA) is 48.5 Å². The molecule has 1 saturated heterocycles. The van der Waals surface area contributed by atoms with Crippen molar-refractivity contribution in [2.75, 3.05) is 44.2 Å². The van der Waals surface area contributed by atoms with Crippen LogP contribution in [0.1, 0.15) is 32.6 Å². The van der Waals surface area contributed by atoms with Crippen LogP contribution in [0.4, 0.5) is 5.82 Å². The highest BCUT2D eigenvalue weighted by Crippen LogP contribution is 2.12. The molecule has 5 nitrogen and oxygen atoms in total. The number of anilines is 1. The van der Waals surface area contributed by atoms with Gasteiger partial charge in [-0.2, -0.15) is 0 Å². The maximum atomic E-state index is 11.9. The summed E-state index contributed by atoms with van der Waals surface area (Å²) in [5.74, 6) is 1.19. The molecule has 0 unspecified atom stereocenters. The summed E-state index contributed by atoms with van der Waals surface area (Å²) < 4.78 is 0. The SMILES string of the molecule is CCCCCCNC(=O)CN1CCN(c2ccccn2)CC1. The van der Waals surface area contributed by atoms with Crippen LogP contribution in [-0.4, -0.2) is 55.1 Å². The Hall–Kier alpha value is -1.62. The second kappa shape index (κ2) is 9.41. The van der Waals surface area contributed by atoms with Gasteiger partial charge in [0.15, 0.2) is 0 Å². The first-order chi connectivity index (χ1) is 10.8. The number of aromatic nitrogens is 1. The van der Waals surface area contributed by atoms with Gasteiger partial charge in [-0.05, 0) is 18.6 Å². The van der Waals surface area contributed by atoms with Crippen LogP contribution in [0.25, 0.3) is 0 Å². The van der Waals surface area contributed by atoms with Crippen molar-refractivity contribution < 1.29 is 4.79 Å². The Morgan fingerprint density at radius 1 is 1.18 bits per heavy atom. The van der Waals surface area contributed by atoms with Gasteiger partial charge in [-0.1, -0.05) is 32.3 Å². The van der Waals surface area contributed by atoms with E-state index in [1.807, 2.05) is 24.4 Å². The Labute approximate surface area is 133 Å². The van der Waals surface area contributed by atoms with Gasteiger partial charge in [0.1, 0.15) is 5.82 Å². The van der Waals surface area contributed by atoms with E-state index < -0.39 is 0 Å². The summed E-state index contributed by atoms with van der Waals surface area (Å²) >= 11 is 0. The number of piperazine rings is 1. The van der Waals surface area contributed by atoms with Gasteiger partial charge in [-0.3, -0.25) is 9.69 Å². The molecule has 2 heterocycles. The van der Waals surface area contributed by atoms with Gasteiger partial charge < -0.3 is 10.2 Å². The third kappa shape index (κ3) is 5.64. The maximum Gasteiger partial charge on any atom is 0.234 e. The molecule has 0 bridgehead atoms. The first-order valence-corrected chi connectivity index (χ1v) is 8.44. The highest BCUT2D eigenvalue weighted by molar-refractivity contribution is 5.78. The molecular weight excluding hydrogens is 276 g/mol. The number of unbranched alkanes of at least 4 members (excludes halogenated alkanes) is 3. The molecule has 1 aromatic heterocycles.